The van der Waals surface area contributed by atoms with Gasteiger partial charge in [0.05, 0.1) is 0 Å². The van der Waals surface area contributed by atoms with Gasteiger partial charge in [-0.3, -0.25) is 9.59 Å². The Bertz CT molecular complexity index is 421. The maximum absolute atomic E-state index is 10.7. The van der Waals surface area contributed by atoms with Gasteiger partial charge in [0.1, 0.15) is 12.4 Å². The number of nitrogens with two attached hydrogens (primary N) is 1. The SMILES string of the molecule is NC(=O)C(O)C(O)c1ccc(C=O)cc1Cl. The summed E-state index contributed by atoms with van der Waals surface area (Å²) in [4.78, 5) is 21.1. The predicted octanol–water partition coefficient (Wildman–Crippen LogP) is 0.0321. The van der Waals surface area contributed by atoms with Crippen molar-refractivity contribution in [3.63, 3.8) is 0 Å². The molecule has 0 fully saturated rings. The Morgan fingerprint density at radius 3 is 2.50 bits per heavy atom. The first-order chi connectivity index (χ1) is 7.47. The standard InChI is InChI=1S/C10H10ClNO4/c11-7-3-5(4-13)1-2-6(7)8(14)9(15)10(12)16/h1-4,8-9,14-15H,(H2,12,16). The van der Waals surface area contributed by atoms with E-state index in [4.69, 9.17) is 17.3 Å². The van der Waals surface area contributed by atoms with Crippen molar-refractivity contribution in [2.75, 3.05) is 0 Å². The van der Waals surface area contributed by atoms with Gasteiger partial charge in [0.2, 0.25) is 5.91 Å². The van der Waals surface area contributed by atoms with E-state index in [9.17, 15) is 19.8 Å². The van der Waals surface area contributed by atoms with Crippen LogP contribution >= 0.6 is 11.6 Å². The van der Waals surface area contributed by atoms with E-state index >= 15 is 0 Å². The average Bonchev–Trinajstić information content (AvgIpc) is 2.26. The van der Waals surface area contributed by atoms with E-state index in [0.717, 1.165) is 0 Å². The van der Waals surface area contributed by atoms with Crippen molar-refractivity contribution < 1.29 is 19.8 Å². The van der Waals surface area contributed by atoms with Gasteiger partial charge >= 0.3 is 0 Å². The minimum absolute atomic E-state index is 0.0809. The molecule has 1 rings (SSSR count). The minimum Gasteiger partial charge on any atom is -0.385 e. The molecule has 16 heavy (non-hydrogen) atoms. The maximum Gasteiger partial charge on any atom is 0.249 e. The van der Waals surface area contributed by atoms with E-state index in [-0.39, 0.29) is 10.6 Å². The first-order valence-electron chi connectivity index (χ1n) is 4.37. The largest absolute Gasteiger partial charge is 0.385 e. The normalized spacial score (nSPS) is 14.2. The molecule has 0 spiro atoms. The highest BCUT2D eigenvalue weighted by atomic mass is 35.5. The molecule has 0 saturated carbocycles. The lowest BCUT2D eigenvalue weighted by Crippen LogP contribution is -2.34. The predicted molar refractivity (Wildman–Crippen MR) is 57.0 cm³/mol. The highest BCUT2D eigenvalue weighted by Crippen LogP contribution is 2.26. The fourth-order valence-corrected chi connectivity index (χ4v) is 1.48. The van der Waals surface area contributed by atoms with Gasteiger partial charge in [-0.15, -0.1) is 0 Å². The lowest BCUT2D eigenvalue weighted by Gasteiger charge is -2.16. The summed E-state index contributed by atoms with van der Waals surface area (Å²) in [6.07, 6.45) is -2.66. The quantitative estimate of drug-likeness (QED) is 0.650. The number of aliphatic hydroxyl groups is 2. The monoisotopic (exact) mass is 243 g/mol. The van der Waals surface area contributed by atoms with Crippen molar-refractivity contribution in [3.8, 4) is 0 Å². The van der Waals surface area contributed by atoms with E-state index in [1.165, 1.54) is 18.2 Å². The first-order valence-corrected chi connectivity index (χ1v) is 4.75. The van der Waals surface area contributed by atoms with Gasteiger partial charge in [-0.1, -0.05) is 23.7 Å². The maximum atomic E-state index is 10.7. The molecule has 0 aromatic heterocycles. The molecule has 0 bridgehead atoms. The van der Waals surface area contributed by atoms with Crippen LogP contribution in [-0.4, -0.2) is 28.5 Å². The molecule has 4 N–H and O–H groups in total. The van der Waals surface area contributed by atoms with Crippen LogP contribution in [-0.2, 0) is 4.79 Å². The summed E-state index contributed by atoms with van der Waals surface area (Å²) in [6.45, 7) is 0. The molecule has 1 aromatic carbocycles. The highest BCUT2D eigenvalue weighted by Gasteiger charge is 2.25. The number of primary amides is 1. The molecule has 0 aliphatic rings. The molecule has 1 aromatic rings. The summed E-state index contributed by atoms with van der Waals surface area (Å²) in [5.74, 6) is -1.05. The van der Waals surface area contributed by atoms with Gasteiger partial charge in [-0.2, -0.15) is 0 Å². The molecule has 1 amide bonds. The second-order valence-corrected chi connectivity index (χ2v) is 3.60. The number of hydrogen-bond acceptors (Lipinski definition) is 4. The molecular formula is C10H10ClNO4. The number of carbonyl (C=O) groups is 2. The molecule has 2 unspecified atom stereocenters. The van der Waals surface area contributed by atoms with Gasteiger partial charge in [0.15, 0.2) is 6.10 Å². The zero-order valence-corrected chi connectivity index (χ0v) is 8.89. The highest BCUT2D eigenvalue weighted by molar-refractivity contribution is 6.31. The number of aldehydes is 1. The van der Waals surface area contributed by atoms with Crippen LogP contribution in [0.4, 0.5) is 0 Å². The van der Waals surface area contributed by atoms with Crippen LogP contribution in [0.5, 0.6) is 0 Å². The van der Waals surface area contributed by atoms with Crippen molar-refractivity contribution in [3.05, 3.63) is 34.3 Å². The number of carbonyl (C=O) groups excluding carboxylic acids is 2. The molecule has 0 aliphatic carbocycles. The lowest BCUT2D eigenvalue weighted by atomic mass is 10.0. The van der Waals surface area contributed by atoms with Gasteiger partial charge in [0, 0.05) is 16.1 Å². The summed E-state index contributed by atoms with van der Waals surface area (Å²) in [5, 5.41) is 18.9. The van der Waals surface area contributed by atoms with Crippen LogP contribution < -0.4 is 5.73 Å². The molecule has 0 saturated heterocycles. The van der Waals surface area contributed by atoms with Gasteiger partial charge < -0.3 is 15.9 Å². The Morgan fingerprint density at radius 1 is 1.44 bits per heavy atom. The number of hydrogen-bond donors (Lipinski definition) is 3. The van der Waals surface area contributed by atoms with Gasteiger partial charge in [-0.25, -0.2) is 0 Å². The lowest BCUT2D eigenvalue weighted by molar-refractivity contribution is -0.131. The molecule has 86 valence electrons. The van der Waals surface area contributed by atoms with Crippen LogP contribution in [0, 0.1) is 0 Å². The molecular weight excluding hydrogens is 234 g/mol. The van der Waals surface area contributed by atoms with Gasteiger partial charge in [-0.05, 0) is 6.07 Å². The average molecular weight is 244 g/mol. The summed E-state index contributed by atoms with van der Waals surface area (Å²) in [5.41, 5.74) is 5.30. The number of amides is 1. The fourth-order valence-electron chi connectivity index (χ4n) is 1.18. The molecule has 2 atom stereocenters. The Balaban J connectivity index is 3.04. The van der Waals surface area contributed by atoms with Crippen molar-refractivity contribution >= 4 is 23.8 Å². The van der Waals surface area contributed by atoms with Crippen molar-refractivity contribution in [2.24, 2.45) is 5.73 Å². The van der Waals surface area contributed by atoms with Crippen molar-refractivity contribution in [1.29, 1.82) is 0 Å². The number of halogens is 1. The van der Waals surface area contributed by atoms with E-state index in [1.54, 1.807) is 0 Å². The third kappa shape index (κ3) is 2.57. The van der Waals surface area contributed by atoms with Crippen molar-refractivity contribution in [1.82, 2.24) is 0 Å². The van der Waals surface area contributed by atoms with Crippen LogP contribution in [0.25, 0.3) is 0 Å². The molecule has 0 aliphatic heterocycles. The summed E-state index contributed by atoms with van der Waals surface area (Å²) in [7, 11) is 0. The fraction of sp³-hybridized carbons (Fsp3) is 0.200. The van der Waals surface area contributed by atoms with Crippen LogP contribution in [0.1, 0.15) is 22.0 Å². The third-order valence-electron chi connectivity index (χ3n) is 2.07. The number of benzene rings is 1. The van der Waals surface area contributed by atoms with E-state index in [0.29, 0.717) is 11.8 Å². The van der Waals surface area contributed by atoms with E-state index < -0.39 is 18.1 Å². The molecule has 5 nitrogen and oxygen atoms in total. The third-order valence-corrected chi connectivity index (χ3v) is 2.40. The first kappa shape index (κ1) is 12.6. The zero-order chi connectivity index (χ0) is 12.3. The summed E-state index contributed by atoms with van der Waals surface area (Å²) in [6, 6.07) is 4.08. The second-order valence-electron chi connectivity index (χ2n) is 3.19. The zero-order valence-electron chi connectivity index (χ0n) is 8.13. The summed E-state index contributed by atoms with van der Waals surface area (Å²) >= 11 is 5.77. The molecule has 0 heterocycles. The Hall–Kier alpha value is -1.43. The Kier molecular flexibility index (Phi) is 4.00. The van der Waals surface area contributed by atoms with Crippen molar-refractivity contribution in [2.45, 2.75) is 12.2 Å². The Morgan fingerprint density at radius 2 is 2.06 bits per heavy atom. The van der Waals surface area contributed by atoms with Gasteiger partial charge in [0.25, 0.3) is 0 Å². The van der Waals surface area contributed by atoms with Crippen LogP contribution in [0.3, 0.4) is 0 Å². The molecule has 6 heteroatoms. The van der Waals surface area contributed by atoms with Crippen LogP contribution in [0.15, 0.2) is 18.2 Å². The Labute approximate surface area is 96.4 Å². The number of rotatable bonds is 4. The number of aliphatic hydroxyl groups excluding tert-OH is 2. The minimum atomic E-state index is -1.74. The van der Waals surface area contributed by atoms with E-state index in [1.807, 2.05) is 0 Å². The summed E-state index contributed by atoms with van der Waals surface area (Å²) < 4.78 is 0. The van der Waals surface area contributed by atoms with E-state index in [2.05, 4.69) is 0 Å². The second kappa shape index (κ2) is 5.07. The smallest absolute Gasteiger partial charge is 0.249 e. The topological polar surface area (TPSA) is 101 Å². The van der Waals surface area contributed by atoms with Crippen LogP contribution in [0.2, 0.25) is 5.02 Å². The molecule has 0 radical (unpaired) electrons.